The molecule has 3 aliphatic rings. The highest BCUT2D eigenvalue weighted by molar-refractivity contribution is 6.30. The Balaban J connectivity index is 1.26. The summed E-state index contributed by atoms with van der Waals surface area (Å²) in [6.07, 6.45) is -1.02. The van der Waals surface area contributed by atoms with Gasteiger partial charge in [-0.2, -0.15) is 13.2 Å². The molecule has 2 saturated heterocycles. The van der Waals surface area contributed by atoms with Crippen molar-refractivity contribution in [3.05, 3.63) is 51.8 Å². The first-order valence-corrected chi connectivity index (χ1v) is 11.4. The number of β-amino-alcohol motifs (C(OH)–C–C–N with tert-alkyl or cyclic N) is 1. The summed E-state index contributed by atoms with van der Waals surface area (Å²) in [7, 11) is 0. The van der Waals surface area contributed by atoms with Crippen molar-refractivity contribution in [3.63, 3.8) is 0 Å². The van der Waals surface area contributed by atoms with E-state index < -0.39 is 18.0 Å². The minimum Gasteiger partial charge on any atom is -0.390 e. The van der Waals surface area contributed by atoms with Gasteiger partial charge in [0.25, 0.3) is 0 Å². The highest BCUT2D eigenvalue weighted by atomic mass is 35.5. The number of halogens is 4. The molecule has 0 saturated carbocycles. The molecule has 5 rings (SSSR count). The van der Waals surface area contributed by atoms with Gasteiger partial charge in [0.15, 0.2) is 0 Å². The number of fused-ring (bicyclic) bond motifs is 1. The van der Waals surface area contributed by atoms with Gasteiger partial charge in [0.1, 0.15) is 5.69 Å². The molecule has 0 radical (unpaired) electrons. The van der Waals surface area contributed by atoms with Crippen molar-refractivity contribution in [2.75, 3.05) is 31.1 Å². The molecule has 2 aliphatic heterocycles. The van der Waals surface area contributed by atoms with Crippen molar-refractivity contribution in [1.29, 1.82) is 0 Å². The number of alkyl halides is 3. The number of anilines is 1. The Hall–Kier alpha value is -1.90. The maximum Gasteiger partial charge on any atom is 0.433 e. The molecular weight excluding hydrogens is 441 g/mol. The Kier molecular flexibility index (Phi) is 5.38. The molecular formula is C23H26ClF3N4O. The highest BCUT2D eigenvalue weighted by Crippen LogP contribution is 2.45. The van der Waals surface area contributed by atoms with Gasteiger partial charge < -0.3 is 10.0 Å². The Morgan fingerprint density at radius 1 is 1.06 bits per heavy atom. The van der Waals surface area contributed by atoms with Crippen LogP contribution < -0.4 is 4.90 Å². The molecule has 1 aromatic carbocycles. The molecule has 1 spiro atoms. The van der Waals surface area contributed by atoms with E-state index in [0.717, 1.165) is 49.9 Å². The number of aryl methyl sites for hydroxylation is 1. The zero-order valence-corrected chi connectivity index (χ0v) is 18.6. The molecule has 2 unspecified atom stereocenters. The second-order valence-electron chi connectivity index (χ2n) is 9.53. The zero-order chi connectivity index (χ0) is 22.7. The van der Waals surface area contributed by atoms with Gasteiger partial charge in [0.05, 0.1) is 12.1 Å². The average molecular weight is 467 g/mol. The van der Waals surface area contributed by atoms with Gasteiger partial charge in [0, 0.05) is 23.8 Å². The number of aromatic nitrogens is 2. The van der Waals surface area contributed by atoms with Crippen molar-refractivity contribution in [2.24, 2.45) is 5.41 Å². The average Bonchev–Trinajstić information content (AvgIpc) is 3.27. The minimum atomic E-state index is -4.52. The molecule has 5 nitrogen and oxygen atoms in total. The fourth-order valence-corrected chi connectivity index (χ4v) is 5.81. The van der Waals surface area contributed by atoms with Crippen molar-refractivity contribution in [1.82, 2.24) is 14.9 Å². The highest BCUT2D eigenvalue weighted by Gasteiger charge is 2.44. The zero-order valence-electron chi connectivity index (χ0n) is 17.9. The second-order valence-corrected chi connectivity index (χ2v) is 9.97. The van der Waals surface area contributed by atoms with E-state index in [0.29, 0.717) is 6.54 Å². The van der Waals surface area contributed by atoms with Gasteiger partial charge in [-0.15, -0.1) is 0 Å². The van der Waals surface area contributed by atoms with Gasteiger partial charge in [-0.3, -0.25) is 4.90 Å². The summed E-state index contributed by atoms with van der Waals surface area (Å²) in [5.41, 5.74) is 2.29. The normalized spacial score (nSPS) is 25.5. The number of hydrogen-bond donors (Lipinski definition) is 1. The van der Waals surface area contributed by atoms with E-state index in [-0.39, 0.29) is 29.6 Å². The Bertz CT molecular complexity index is 1020. The molecule has 1 aliphatic carbocycles. The lowest BCUT2D eigenvalue weighted by Crippen LogP contribution is -2.50. The van der Waals surface area contributed by atoms with Gasteiger partial charge in [0.2, 0.25) is 5.95 Å². The number of likely N-dealkylation sites (tertiary alicyclic amines) is 1. The van der Waals surface area contributed by atoms with E-state index in [9.17, 15) is 18.3 Å². The van der Waals surface area contributed by atoms with E-state index in [1.54, 1.807) is 4.90 Å². The van der Waals surface area contributed by atoms with Crippen LogP contribution in [0, 0.1) is 12.3 Å². The van der Waals surface area contributed by atoms with E-state index in [1.807, 2.05) is 6.07 Å². The summed E-state index contributed by atoms with van der Waals surface area (Å²) in [4.78, 5) is 11.9. The van der Waals surface area contributed by atoms with Crippen molar-refractivity contribution in [2.45, 2.75) is 50.9 Å². The SMILES string of the molecule is Cc1cc(C(F)(F)F)nc(N2CC(O)C(N3CCC4(CC3)Cc3ccc(Cl)cc3C4)C2)n1. The molecule has 0 bridgehead atoms. The van der Waals surface area contributed by atoms with E-state index in [2.05, 4.69) is 27.0 Å². The third kappa shape index (κ3) is 4.08. The van der Waals surface area contributed by atoms with E-state index in [4.69, 9.17) is 11.6 Å². The summed E-state index contributed by atoms with van der Waals surface area (Å²) < 4.78 is 39.5. The van der Waals surface area contributed by atoms with Gasteiger partial charge in [-0.25, -0.2) is 9.97 Å². The van der Waals surface area contributed by atoms with Crippen LogP contribution in [-0.2, 0) is 19.0 Å². The largest absolute Gasteiger partial charge is 0.433 e. The quantitative estimate of drug-likeness (QED) is 0.727. The first kappa shape index (κ1) is 21.9. The molecule has 3 heterocycles. The topological polar surface area (TPSA) is 52.5 Å². The molecule has 172 valence electrons. The maximum atomic E-state index is 13.2. The lowest BCUT2D eigenvalue weighted by atomic mass is 9.75. The van der Waals surface area contributed by atoms with Crippen molar-refractivity contribution in [3.8, 4) is 0 Å². The third-order valence-corrected chi connectivity index (χ3v) is 7.54. The fraction of sp³-hybridized carbons (Fsp3) is 0.565. The first-order valence-electron chi connectivity index (χ1n) is 11.0. The van der Waals surface area contributed by atoms with Gasteiger partial charge in [-0.05, 0) is 80.4 Å². The third-order valence-electron chi connectivity index (χ3n) is 7.30. The number of nitrogens with zero attached hydrogens (tertiary/aromatic N) is 4. The molecule has 2 aromatic rings. The smallest absolute Gasteiger partial charge is 0.390 e. The number of hydrogen-bond acceptors (Lipinski definition) is 5. The van der Waals surface area contributed by atoms with Crippen LogP contribution in [0.2, 0.25) is 5.02 Å². The second kappa shape index (κ2) is 7.85. The van der Waals surface area contributed by atoms with Crippen molar-refractivity contribution >= 4 is 17.5 Å². The molecule has 2 fully saturated rings. The van der Waals surface area contributed by atoms with E-state index in [1.165, 1.54) is 18.1 Å². The van der Waals surface area contributed by atoms with Gasteiger partial charge in [-0.1, -0.05) is 17.7 Å². The van der Waals surface area contributed by atoms with Gasteiger partial charge >= 0.3 is 6.18 Å². The van der Waals surface area contributed by atoms with Crippen LogP contribution in [0.1, 0.15) is 35.4 Å². The summed E-state index contributed by atoms with van der Waals surface area (Å²) in [5, 5.41) is 11.5. The summed E-state index contributed by atoms with van der Waals surface area (Å²) >= 11 is 6.17. The Morgan fingerprint density at radius 3 is 2.50 bits per heavy atom. The lowest BCUT2D eigenvalue weighted by Gasteiger charge is -2.42. The Labute approximate surface area is 190 Å². The van der Waals surface area contributed by atoms with Crippen LogP contribution in [0.3, 0.4) is 0 Å². The summed E-state index contributed by atoms with van der Waals surface area (Å²) in [6, 6.07) is 6.98. The van der Waals surface area contributed by atoms with Crippen LogP contribution >= 0.6 is 11.6 Å². The summed E-state index contributed by atoms with van der Waals surface area (Å²) in [5.74, 6) is 0.0375. The predicted octanol–water partition coefficient (Wildman–Crippen LogP) is 3.89. The number of aliphatic hydroxyl groups excluding tert-OH is 1. The van der Waals surface area contributed by atoms with Crippen molar-refractivity contribution < 1.29 is 18.3 Å². The number of rotatable bonds is 2. The molecule has 9 heteroatoms. The fourth-order valence-electron chi connectivity index (χ4n) is 5.62. The molecule has 2 atom stereocenters. The molecule has 1 aromatic heterocycles. The molecule has 1 N–H and O–H groups in total. The Morgan fingerprint density at radius 2 is 1.78 bits per heavy atom. The summed E-state index contributed by atoms with van der Waals surface area (Å²) in [6.45, 7) is 3.91. The van der Waals surface area contributed by atoms with Crippen LogP contribution in [0.15, 0.2) is 24.3 Å². The van der Waals surface area contributed by atoms with Crippen LogP contribution in [-0.4, -0.2) is 58.3 Å². The monoisotopic (exact) mass is 466 g/mol. The van der Waals surface area contributed by atoms with Crippen LogP contribution in [0.25, 0.3) is 0 Å². The van der Waals surface area contributed by atoms with Crippen LogP contribution in [0.4, 0.5) is 19.1 Å². The molecule has 0 amide bonds. The van der Waals surface area contributed by atoms with E-state index >= 15 is 0 Å². The number of piperidine rings is 1. The lowest BCUT2D eigenvalue weighted by molar-refractivity contribution is -0.141. The standard InChI is InChI=1S/C23H26ClF3N4O/c1-14-8-20(23(25,26)27)29-21(28-14)31-12-18(19(32)13-31)30-6-4-22(5-7-30)10-15-2-3-17(24)9-16(15)11-22/h2-3,8-9,18-19,32H,4-7,10-13H2,1H3. The number of benzene rings is 1. The molecule has 32 heavy (non-hydrogen) atoms. The predicted molar refractivity (Wildman–Crippen MR) is 116 cm³/mol. The maximum absolute atomic E-state index is 13.2. The number of aliphatic hydroxyl groups is 1. The van der Waals surface area contributed by atoms with Crippen LogP contribution in [0.5, 0.6) is 0 Å². The minimum absolute atomic E-state index is 0.0375. The first-order chi connectivity index (χ1) is 15.1.